The lowest BCUT2D eigenvalue weighted by atomic mass is 9.87. The summed E-state index contributed by atoms with van der Waals surface area (Å²) in [6, 6.07) is 0. The van der Waals surface area contributed by atoms with Gasteiger partial charge in [0.25, 0.3) is 0 Å². The number of nitrogens with zero attached hydrogens (tertiary/aromatic N) is 1. The van der Waals surface area contributed by atoms with Crippen LogP contribution in [0.25, 0.3) is 0 Å². The van der Waals surface area contributed by atoms with Crippen LogP contribution in [0.2, 0.25) is 0 Å². The highest BCUT2D eigenvalue weighted by atomic mass is 19.4. The second-order valence-corrected chi connectivity index (χ2v) is 4.01. The molecule has 1 rings (SSSR count). The second-order valence-electron chi connectivity index (χ2n) is 4.01. The fourth-order valence-electron chi connectivity index (χ4n) is 1.51. The van der Waals surface area contributed by atoms with Crippen molar-refractivity contribution in [1.82, 2.24) is 4.90 Å². The molecule has 0 aliphatic carbocycles. The number of likely N-dealkylation sites (tertiary alicyclic amines) is 1. The maximum atomic E-state index is 12.0. The molecule has 1 aliphatic heterocycles. The van der Waals surface area contributed by atoms with E-state index in [0.29, 0.717) is 25.9 Å². The van der Waals surface area contributed by atoms with E-state index in [1.807, 2.05) is 0 Å². The minimum absolute atomic E-state index is 0.342. The number of hydrogen-bond donors (Lipinski definition) is 1. The molecule has 0 amide bonds. The molecule has 78 valence electrons. The third-order valence-corrected chi connectivity index (χ3v) is 2.40. The molecule has 1 aliphatic rings. The van der Waals surface area contributed by atoms with Crippen LogP contribution >= 0.6 is 0 Å². The van der Waals surface area contributed by atoms with E-state index in [0.717, 1.165) is 0 Å². The first-order valence-electron chi connectivity index (χ1n) is 4.44. The van der Waals surface area contributed by atoms with Crippen LogP contribution in [-0.2, 0) is 0 Å². The summed E-state index contributed by atoms with van der Waals surface area (Å²) in [6.45, 7) is -2.37. The predicted molar refractivity (Wildman–Crippen MR) is 45.4 cm³/mol. The molecular formula is C7H14BF3NO-. The molecule has 1 heterocycles. The lowest BCUT2D eigenvalue weighted by Gasteiger charge is -2.38. The van der Waals surface area contributed by atoms with Gasteiger partial charge in [-0.25, -0.2) is 0 Å². The number of rotatable bonds is 2. The average molecular weight is 196 g/mol. The fourth-order valence-corrected chi connectivity index (χ4v) is 1.51. The quantitative estimate of drug-likeness (QED) is 0.671. The molecule has 0 unspecified atom stereocenters. The smallest absolute Gasteiger partial charge is 0.448 e. The van der Waals surface area contributed by atoms with Crippen LogP contribution in [0, 0.1) is 0 Å². The Morgan fingerprint density at radius 3 is 2.15 bits per heavy atom. The molecular weight excluding hydrogens is 182 g/mol. The van der Waals surface area contributed by atoms with Crippen molar-refractivity contribution in [2.24, 2.45) is 0 Å². The van der Waals surface area contributed by atoms with Crippen molar-refractivity contribution in [3.05, 3.63) is 0 Å². The van der Waals surface area contributed by atoms with Gasteiger partial charge in [0.1, 0.15) is 0 Å². The molecule has 13 heavy (non-hydrogen) atoms. The topological polar surface area (TPSA) is 23.5 Å². The average Bonchev–Trinajstić information content (AvgIpc) is 1.91. The second kappa shape index (κ2) is 3.50. The minimum atomic E-state index is -4.72. The van der Waals surface area contributed by atoms with E-state index < -0.39 is 19.0 Å². The molecule has 0 aromatic rings. The molecule has 0 atom stereocenters. The Morgan fingerprint density at radius 1 is 1.31 bits per heavy atom. The maximum Gasteiger partial charge on any atom is 0.492 e. The van der Waals surface area contributed by atoms with Gasteiger partial charge in [-0.15, -0.1) is 0 Å². The summed E-state index contributed by atoms with van der Waals surface area (Å²) in [5.41, 5.74) is -0.769. The first-order chi connectivity index (χ1) is 5.79. The largest absolute Gasteiger partial charge is 0.492 e. The van der Waals surface area contributed by atoms with E-state index in [1.165, 1.54) is 4.90 Å². The van der Waals surface area contributed by atoms with Gasteiger partial charge in [0, 0.05) is 0 Å². The molecule has 2 nitrogen and oxygen atoms in total. The van der Waals surface area contributed by atoms with E-state index in [2.05, 4.69) is 0 Å². The summed E-state index contributed by atoms with van der Waals surface area (Å²) in [5, 5.41) is 9.49. The van der Waals surface area contributed by atoms with Crippen molar-refractivity contribution >= 4 is 6.98 Å². The number of aliphatic hydroxyl groups is 1. The normalized spacial score (nSPS) is 24.7. The molecule has 0 radical (unpaired) electrons. The minimum Gasteiger partial charge on any atom is -0.448 e. The van der Waals surface area contributed by atoms with Crippen LogP contribution < -0.4 is 0 Å². The van der Waals surface area contributed by atoms with Gasteiger partial charge in [-0.3, -0.25) is 0 Å². The Morgan fingerprint density at radius 2 is 1.77 bits per heavy atom. The highest BCUT2D eigenvalue weighted by Crippen LogP contribution is 2.22. The van der Waals surface area contributed by atoms with E-state index in [-0.39, 0.29) is 0 Å². The van der Waals surface area contributed by atoms with Gasteiger partial charge < -0.3 is 23.0 Å². The van der Waals surface area contributed by atoms with Crippen molar-refractivity contribution in [3.8, 4) is 0 Å². The molecule has 0 aromatic heterocycles. The summed E-state index contributed by atoms with van der Waals surface area (Å²) in [6.07, 6.45) is 0.0639. The van der Waals surface area contributed by atoms with Crippen LogP contribution in [0.4, 0.5) is 12.9 Å². The van der Waals surface area contributed by atoms with Gasteiger partial charge in [-0.2, -0.15) is 0 Å². The molecule has 1 saturated heterocycles. The maximum absolute atomic E-state index is 12.0. The molecule has 0 spiro atoms. The predicted octanol–water partition coefficient (Wildman–Crippen LogP) is 1.22. The summed E-state index contributed by atoms with van der Waals surface area (Å²) >= 11 is 0. The lowest BCUT2D eigenvalue weighted by molar-refractivity contribution is -0.00297. The van der Waals surface area contributed by atoms with Gasteiger partial charge in [0.05, 0.1) is 5.60 Å². The van der Waals surface area contributed by atoms with Crippen molar-refractivity contribution in [2.75, 3.05) is 19.5 Å². The third-order valence-electron chi connectivity index (χ3n) is 2.40. The Balaban J connectivity index is 2.34. The van der Waals surface area contributed by atoms with Crippen LogP contribution in [-0.4, -0.2) is 42.1 Å². The summed E-state index contributed by atoms with van der Waals surface area (Å²) in [5.74, 6) is 0. The zero-order valence-electron chi connectivity index (χ0n) is 7.64. The Hall–Kier alpha value is -0.225. The van der Waals surface area contributed by atoms with E-state index in [4.69, 9.17) is 0 Å². The number of halogens is 3. The highest BCUT2D eigenvalue weighted by Gasteiger charge is 2.32. The summed E-state index contributed by atoms with van der Waals surface area (Å²) in [7, 11) is 0. The zero-order valence-corrected chi connectivity index (χ0v) is 7.64. The molecule has 0 saturated carbocycles. The van der Waals surface area contributed by atoms with Crippen LogP contribution in [0.5, 0.6) is 0 Å². The number of piperidine rings is 1. The SMILES string of the molecule is CC1(O)CCN(C[B-](F)(F)F)CC1. The monoisotopic (exact) mass is 196 g/mol. The molecule has 6 heteroatoms. The van der Waals surface area contributed by atoms with Crippen molar-refractivity contribution < 1.29 is 18.1 Å². The first-order valence-corrected chi connectivity index (χ1v) is 4.44. The summed E-state index contributed by atoms with van der Waals surface area (Å²) in [4.78, 5) is 1.36. The van der Waals surface area contributed by atoms with Crippen molar-refractivity contribution in [2.45, 2.75) is 25.4 Å². The molecule has 0 bridgehead atoms. The van der Waals surface area contributed by atoms with Gasteiger partial charge in [0.15, 0.2) is 0 Å². The molecule has 1 fully saturated rings. The zero-order chi connectivity index (χ0) is 10.1. The third kappa shape index (κ3) is 4.00. The van der Waals surface area contributed by atoms with Crippen LogP contribution in [0.15, 0.2) is 0 Å². The van der Waals surface area contributed by atoms with Crippen LogP contribution in [0.3, 0.4) is 0 Å². The first kappa shape index (κ1) is 10.9. The highest BCUT2D eigenvalue weighted by molar-refractivity contribution is 6.58. The Labute approximate surface area is 75.8 Å². The van der Waals surface area contributed by atoms with E-state index >= 15 is 0 Å². The lowest BCUT2D eigenvalue weighted by Crippen LogP contribution is -2.47. The van der Waals surface area contributed by atoms with Crippen molar-refractivity contribution in [3.63, 3.8) is 0 Å². The van der Waals surface area contributed by atoms with Gasteiger partial charge in [-0.05, 0) is 39.3 Å². The standard InChI is InChI=1S/C7H14BF3NO/c1-7(13)2-4-12(5-3-7)6-8(9,10)11/h13H,2-6H2,1H3/q-1. The van der Waals surface area contributed by atoms with Crippen LogP contribution in [0.1, 0.15) is 19.8 Å². The summed E-state index contributed by atoms with van der Waals surface area (Å²) < 4.78 is 36.0. The Kier molecular flexibility index (Phi) is 2.92. The van der Waals surface area contributed by atoms with E-state index in [9.17, 15) is 18.1 Å². The fraction of sp³-hybridized carbons (Fsp3) is 1.00. The van der Waals surface area contributed by atoms with Gasteiger partial charge >= 0.3 is 6.98 Å². The Bertz CT molecular complexity index is 173. The molecule has 0 aromatic carbocycles. The van der Waals surface area contributed by atoms with Gasteiger partial charge in [0.2, 0.25) is 0 Å². The van der Waals surface area contributed by atoms with E-state index in [1.54, 1.807) is 6.92 Å². The molecule has 1 N–H and O–H groups in total. The number of hydrogen-bond acceptors (Lipinski definition) is 2. The van der Waals surface area contributed by atoms with Gasteiger partial charge in [-0.1, -0.05) is 0 Å². The van der Waals surface area contributed by atoms with Crippen molar-refractivity contribution in [1.29, 1.82) is 0 Å².